The third kappa shape index (κ3) is 3.98. The maximum atomic E-state index is 12.8. The van der Waals surface area contributed by atoms with Gasteiger partial charge in [-0.15, -0.1) is 0 Å². The highest BCUT2D eigenvalue weighted by Gasteiger charge is 2.07. The SMILES string of the molecule is O=C(CCCO)Cc1cc(F)ccc1Cl. The van der Waals surface area contributed by atoms with E-state index in [9.17, 15) is 9.18 Å². The van der Waals surface area contributed by atoms with Gasteiger partial charge in [0, 0.05) is 24.5 Å². The zero-order chi connectivity index (χ0) is 11.3. The van der Waals surface area contributed by atoms with Crippen LogP contribution < -0.4 is 0 Å². The van der Waals surface area contributed by atoms with Crippen molar-refractivity contribution in [2.75, 3.05) is 6.61 Å². The minimum Gasteiger partial charge on any atom is -0.396 e. The number of benzene rings is 1. The summed E-state index contributed by atoms with van der Waals surface area (Å²) >= 11 is 5.81. The van der Waals surface area contributed by atoms with Crippen LogP contribution >= 0.6 is 11.6 Å². The van der Waals surface area contributed by atoms with Crippen molar-refractivity contribution in [3.05, 3.63) is 34.6 Å². The van der Waals surface area contributed by atoms with Gasteiger partial charge in [-0.3, -0.25) is 4.79 Å². The number of Topliss-reactive ketones (excluding diaryl/α,β-unsaturated/α-hetero) is 1. The van der Waals surface area contributed by atoms with E-state index in [0.29, 0.717) is 23.4 Å². The number of ketones is 1. The minimum atomic E-state index is -0.399. The highest BCUT2D eigenvalue weighted by atomic mass is 35.5. The molecule has 0 bridgehead atoms. The molecule has 0 unspecified atom stereocenters. The van der Waals surface area contributed by atoms with Crippen molar-refractivity contribution in [2.45, 2.75) is 19.3 Å². The fourth-order valence-corrected chi connectivity index (χ4v) is 1.44. The fourth-order valence-electron chi connectivity index (χ4n) is 1.26. The highest BCUT2D eigenvalue weighted by molar-refractivity contribution is 6.31. The lowest BCUT2D eigenvalue weighted by molar-refractivity contribution is -0.118. The average Bonchev–Trinajstić information content (AvgIpc) is 2.20. The van der Waals surface area contributed by atoms with Crippen LogP contribution in [0.3, 0.4) is 0 Å². The smallest absolute Gasteiger partial charge is 0.137 e. The molecule has 1 rings (SSSR count). The molecule has 0 aliphatic heterocycles. The number of rotatable bonds is 5. The minimum absolute atomic E-state index is 0.0113. The molecule has 0 aromatic heterocycles. The number of carbonyl (C=O) groups is 1. The van der Waals surface area contributed by atoms with Crippen LogP contribution in [0.25, 0.3) is 0 Å². The molecular formula is C11H12ClFO2. The van der Waals surface area contributed by atoms with E-state index in [-0.39, 0.29) is 18.8 Å². The third-order valence-electron chi connectivity index (χ3n) is 2.01. The summed E-state index contributed by atoms with van der Waals surface area (Å²) in [5.41, 5.74) is 0.500. The lowest BCUT2D eigenvalue weighted by atomic mass is 10.1. The summed E-state index contributed by atoms with van der Waals surface area (Å²) in [6.45, 7) is -0.0113. The van der Waals surface area contributed by atoms with E-state index >= 15 is 0 Å². The number of aliphatic hydroxyl groups is 1. The predicted octanol–water partition coefficient (Wildman–Crippen LogP) is 2.36. The van der Waals surface area contributed by atoms with Crippen LogP contribution in [-0.2, 0) is 11.2 Å². The summed E-state index contributed by atoms with van der Waals surface area (Å²) in [4.78, 5) is 11.3. The van der Waals surface area contributed by atoms with Crippen molar-refractivity contribution in [2.24, 2.45) is 0 Å². The van der Waals surface area contributed by atoms with E-state index in [1.165, 1.54) is 18.2 Å². The molecule has 2 nitrogen and oxygen atoms in total. The normalized spacial score (nSPS) is 10.3. The Balaban J connectivity index is 2.63. The molecule has 1 N–H and O–H groups in total. The maximum Gasteiger partial charge on any atom is 0.137 e. The van der Waals surface area contributed by atoms with Crippen molar-refractivity contribution in [3.63, 3.8) is 0 Å². The van der Waals surface area contributed by atoms with Crippen molar-refractivity contribution in [1.82, 2.24) is 0 Å². The Morgan fingerprint density at radius 2 is 2.20 bits per heavy atom. The van der Waals surface area contributed by atoms with Crippen molar-refractivity contribution >= 4 is 17.4 Å². The van der Waals surface area contributed by atoms with Gasteiger partial charge in [0.25, 0.3) is 0 Å². The van der Waals surface area contributed by atoms with Gasteiger partial charge in [0.15, 0.2) is 0 Å². The van der Waals surface area contributed by atoms with Crippen molar-refractivity contribution < 1.29 is 14.3 Å². The first-order valence-corrected chi connectivity index (χ1v) is 5.07. The van der Waals surface area contributed by atoms with Crippen LogP contribution in [0.5, 0.6) is 0 Å². The molecule has 0 saturated carbocycles. The second kappa shape index (κ2) is 5.83. The van der Waals surface area contributed by atoms with Gasteiger partial charge in [-0.2, -0.15) is 0 Å². The van der Waals surface area contributed by atoms with E-state index < -0.39 is 5.82 Å². The predicted molar refractivity (Wildman–Crippen MR) is 56.4 cm³/mol. The van der Waals surface area contributed by atoms with E-state index in [4.69, 9.17) is 16.7 Å². The van der Waals surface area contributed by atoms with E-state index in [2.05, 4.69) is 0 Å². The van der Waals surface area contributed by atoms with Crippen molar-refractivity contribution in [3.8, 4) is 0 Å². The molecule has 1 aromatic carbocycles. The van der Waals surface area contributed by atoms with Crippen LogP contribution in [0.4, 0.5) is 4.39 Å². The average molecular weight is 231 g/mol. The molecule has 0 aliphatic carbocycles. The maximum absolute atomic E-state index is 12.8. The largest absolute Gasteiger partial charge is 0.396 e. The molecule has 0 saturated heterocycles. The van der Waals surface area contributed by atoms with Gasteiger partial charge >= 0.3 is 0 Å². The first-order valence-electron chi connectivity index (χ1n) is 4.70. The Morgan fingerprint density at radius 1 is 1.47 bits per heavy atom. The summed E-state index contributed by atoms with van der Waals surface area (Å²) in [7, 11) is 0. The topological polar surface area (TPSA) is 37.3 Å². The zero-order valence-electron chi connectivity index (χ0n) is 8.17. The monoisotopic (exact) mass is 230 g/mol. The van der Waals surface area contributed by atoms with Gasteiger partial charge in [-0.25, -0.2) is 4.39 Å². The molecule has 0 heterocycles. The summed E-state index contributed by atoms with van der Waals surface area (Å²) in [5, 5.41) is 8.94. The Kier molecular flexibility index (Phi) is 4.72. The lowest BCUT2D eigenvalue weighted by Gasteiger charge is -2.03. The lowest BCUT2D eigenvalue weighted by Crippen LogP contribution is -2.04. The Bertz CT molecular complexity index is 352. The molecule has 4 heteroatoms. The Hall–Kier alpha value is -0.930. The van der Waals surface area contributed by atoms with Crippen LogP contribution in [0.15, 0.2) is 18.2 Å². The van der Waals surface area contributed by atoms with Crippen molar-refractivity contribution in [1.29, 1.82) is 0 Å². The summed E-state index contributed by atoms with van der Waals surface area (Å²) < 4.78 is 12.8. The van der Waals surface area contributed by atoms with Crippen LogP contribution in [0.1, 0.15) is 18.4 Å². The molecule has 0 fully saturated rings. The molecule has 0 spiro atoms. The molecule has 0 atom stereocenters. The van der Waals surface area contributed by atoms with E-state index in [1.807, 2.05) is 0 Å². The number of hydrogen-bond donors (Lipinski definition) is 1. The summed E-state index contributed by atoms with van der Waals surface area (Å²) in [5.74, 6) is -0.444. The van der Waals surface area contributed by atoms with Gasteiger partial charge < -0.3 is 5.11 Å². The second-order valence-electron chi connectivity index (χ2n) is 3.28. The van der Waals surface area contributed by atoms with Crippen LogP contribution in [-0.4, -0.2) is 17.5 Å². The Labute approximate surface area is 92.7 Å². The van der Waals surface area contributed by atoms with E-state index in [1.54, 1.807) is 0 Å². The first kappa shape index (κ1) is 12.1. The molecule has 0 radical (unpaired) electrons. The first-order chi connectivity index (χ1) is 7.13. The molecule has 0 amide bonds. The molecule has 1 aromatic rings. The van der Waals surface area contributed by atoms with Gasteiger partial charge in [0.1, 0.15) is 11.6 Å². The molecule has 15 heavy (non-hydrogen) atoms. The van der Waals surface area contributed by atoms with Gasteiger partial charge in [-0.1, -0.05) is 11.6 Å². The number of halogens is 2. The van der Waals surface area contributed by atoms with E-state index in [0.717, 1.165) is 0 Å². The zero-order valence-corrected chi connectivity index (χ0v) is 8.93. The van der Waals surface area contributed by atoms with Gasteiger partial charge in [0.05, 0.1) is 0 Å². The molecule has 0 aliphatic rings. The highest BCUT2D eigenvalue weighted by Crippen LogP contribution is 2.18. The summed E-state index contributed by atoms with van der Waals surface area (Å²) in [6.07, 6.45) is 0.853. The van der Waals surface area contributed by atoms with Gasteiger partial charge in [-0.05, 0) is 30.2 Å². The number of carbonyl (C=O) groups excluding carboxylic acids is 1. The summed E-state index contributed by atoms with van der Waals surface area (Å²) in [6, 6.07) is 3.95. The van der Waals surface area contributed by atoms with Crippen LogP contribution in [0.2, 0.25) is 5.02 Å². The fraction of sp³-hybridized carbons (Fsp3) is 0.364. The molecule has 82 valence electrons. The van der Waals surface area contributed by atoms with Gasteiger partial charge in [0.2, 0.25) is 0 Å². The number of hydrogen-bond acceptors (Lipinski definition) is 2. The molecular weight excluding hydrogens is 219 g/mol. The van der Waals surface area contributed by atoms with Crippen LogP contribution in [0, 0.1) is 5.82 Å². The Morgan fingerprint density at radius 3 is 2.87 bits per heavy atom. The quantitative estimate of drug-likeness (QED) is 0.843. The number of aliphatic hydroxyl groups excluding tert-OH is 1. The third-order valence-corrected chi connectivity index (χ3v) is 2.38. The standard InChI is InChI=1S/C11H12ClFO2/c12-11-4-3-9(13)6-8(11)7-10(15)2-1-5-14/h3-4,6,14H,1-2,5,7H2. The second-order valence-corrected chi connectivity index (χ2v) is 3.69.